The van der Waals surface area contributed by atoms with E-state index < -0.39 is 35.8 Å². The van der Waals surface area contributed by atoms with Crippen molar-refractivity contribution in [2.45, 2.75) is 32.3 Å². The number of thiophene rings is 1. The van der Waals surface area contributed by atoms with Gasteiger partial charge in [-0.1, -0.05) is 13.8 Å². The van der Waals surface area contributed by atoms with Crippen LogP contribution in [0.3, 0.4) is 0 Å². The van der Waals surface area contributed by atoms with Crippen molar-refractivity contribution in [3.8, 4) is 11.1 Å². The molecule has 0 radical (unpaired) electrons. The van der Waals surface area contributed by atoms with E-state index in [-0.39, 0.29) is 35.6 Å². The molecule has 3 aliphatic heterocycles. The normalized spacial score (nSPS) is 28.1. The highest BCUT2D eigenvalue weighted by atomic mass is 32.1. The van der Waals surface area contributed by atoms with Crippen molar-refractivity contribution in [1.29, 1.82) is 0 Å². The maximum atomic E-state index is 14.7. The molecule has 194 valence electrons. The lowest BCUT2D eigenvalue weighted by atomic mass is 9.82. The van der Waals surface area contributed by atoms with E-state index in [0.717, 1.165) is 4.70 Å². The van der Waals surface area contributed by atoms with Crippen LogP contribution in [0.4, 0.5) is 20.2 Å². The molecule has 0 bridgehead atoms. The van der Waals surface area contributed by atoms with Gasteiger partial charge in [0, 0.05) is 28.1 Å². The number of nitrogens with one attached hydrogen (secondary N) is 2. The van der Waals surface area contributed by atoms with Gasteiger partial charge in [0.15, 0.2) is 5.69 Å². The Hall–Kier alpha value is -3.28. The molecule has 0 aliphatic carbocycles. The quantitative estimate of drug-likeness (QED) is 0.294. The summed E-state index contributed by atoms with van der Waals surface area (Å²) >= 11 is 1.36. The summed E-state index contributed by atoms with van der Waals surface area (Å²) in [4.78, 5) is 27.0. The van der Waals surface area contributed by atoms with Gasteiger partial charge in [-0.25, -0.2) is 13.7 Å². The number of amides is 2. The summed E-state index contributed by atoms with van der Waals surface area (Å²) in [5.41, 5.74) is 8.44. The van der Waals surface area contributed by atoms with Gasteiger partial charge in [0.2, 0.25) is 6.23 Å². The zero-order chi connectivity index (χ0) is 26.6. The van der Waals surface area contributed by atoms with Gasteiger partial charge in [-0.15, -0.1) is 11.3 Å². The van der Waals surface area contributed by atoms with E-state index in [1.807, 2.05) is 13.8 Å². The highest BCUT2D eigenvalue weighted by Crippen LogP contribution is 2.52. The van der Waals surface area contributed by atoms with Crippen molar-refractivity contribution in [3.63, 3.8) is 0 Å². The van der Waals surface area contributed by atoms with Crippen molar-refractivity contribution in [2.24, 2.45) is 17.6 Å². The van der Waals surface area contributed by atoms with Crippen LogP contribution in [0.1, 0.15) is 34.6 Å². The second-order valence-corrected chi connectivity index (χ2v) is 11.4. The Morgan fingerprint density at radius 3 is 2.50 bits per heavy atom. The number of hydrogen-bond acceptors (Lipinski definition) is 6. The first-order valence-electron chi connectivity index (χ1n) is 12.5. The molecule has 5 N–H and O–H groups in total. The number of aliphatic hydroxyl groups excluding tert-OH is 1. The number of nitrogens with two attached hydrogens (primary N) is 1. The van der Waals surface area contributed by atoms with Crippen LogP contribution in [0, 0.1) is 23.5 Å². The SMILES string of the molecule is CC1C(CN)OC([NH+]2c3ccc(F)cc3-c3c4c(c5c(sc6ccc(F)cc65)c32)C(=O)NC4=O)C(O)C1C. The minimum atomic E-state index is -0.905. The molecule has 7 nitrogen and oxygen atoms in total. The molecular formula is C28H24F2N3O4S+. The van der Waals surface area contributed by atoms with Crippen molar-refractivity contribution in [2.75, 3.05) is 6.54 Å². The number of benzene rings is 3. The zero-order valence-electron chi connectivity index (χ0n) is 20.5. The van der Waals surface area contributed by atoms with Gasteiger partial charge in [0.05, 0.1) is 33.1 Å². The van der Waals surface area contributed by atoms with Gasteiger partial charge in [-0.05, 0) is 42.2 Å². The second-order valence-electron chi connectivity index (χ2n) is 10.4. The maximum Gasteiger partial charge on any atom is 0.259 e. The van der Waals surface area contributed by atoms with E-state index in [1.54, 1.807) is 12.1 Å². The Balaban J connectivity index is 1.62. The molecule has 38 heavy (non-hydrogen) atoms. The number of halogens is 2. The molecule has 4 aromatic rings. The lowest BCUT2D eigenvalue weighted by Gasteiger charge is -2.43. The van der Waals surface area contributed by atoms with Crippen molar-refractivity contribution < 1.29 is 33.1 Å². The number of hydrogen-bond donors (Lipinski definition) is 4. The van der Waals surface area contributed by atoms with Crippen molar-refractivity contribution >= 4 is 54.7 Å². The van der Waals surface area contributed by atoms with E-state index in [0.29, 0.717) is 42.9 Å². The molecule has 10 heteroatoms. The maximum absolute atomic E-state index is 14.7. The van der Waals surface area contributed by atoms with E-state index >= 15 is 0 Å². The van der Waals surface area contributed by atoms with Gasteiger partial charge in [-0.3, -0.25) is 14.9 Å². The standard InChI is InChI=1S/C28H23F2N3O4S/c1-10-11(2)24(34)28(37-17(10)9-31)33-16-5-3-12(29)7-14(16)19-21-22(27(36)32-26(21)35)20-15-8-13(30)4-6-18(15)38-25(20)23(19)33/h3-8,10-11,17,24,28,34H,9,31H2,1-2H3,(H,32,35,36)/p+1. The Bertz CT molecular complexity index is 1720. The number of carbonyl (C=O) groups is 2. The Labute approximate surface area is 219 Å². The molecule has 4 heterocycles. The lowest BCUT2D eigenvalue weighted by Crippen LogP contribution is -3.09. The number of rotatable bonds is 2. The van der Waals surface area contributed by atoms with Crippen LogP contribution in [-0.2, 0) is 4.74 Å². The highest BCUT2D eigenvalue weighted by Gasteiger charge is 2.52. The summed E-state index contributed by atoms with van der Waals surface area (Å²) in [5.74, 6) is -2.30. The summed E-state index contributed by atoms with van der Waals surface area (Å²) in [6.45, 7) is 4.19. The fourth-order valence-corrected chi connectivity index (χ4v) is 7.66. The van der Waals surface area contributed by atoms with Crippen LogP contribution in [0.25, 0.3) is 31.3 Å². The fraction of sp³-hybridized carbons (Fsp3) is 0.286. The molecule has 7 rings (SSSR count). The van der Waals surface area contributed by atoms with E-state index in [2.05, 4.69) is 5.32 Å². The first-order chi connectivity index (χ1) is 18.2. The third kappa shape index (κ3) is 3.00. The molecule has 1 fully saturated rings. The Morgan fingerprint density at radius 2 is 1.74 bits per heavy atom. The number of carbonyl (C=O) groups excluding carboxylic acids is 2. The monoisotopic (exact) mass is 536 g/mol. The second kappa shape index (κ2) is 8.11. The topological polar surface area (TPSA) is 106 Å². The minimum Gasteiger partial charge on any atom is -0.384 e. The minimum absolute atomic E-state index is 0.00356. The molecule has 6 atom stereocenters. The van der Waals surface area contributed by atoms with Crippen molar-refractivity contribution in [1.82, 2.24) is 5.32 Å². The molecule has 2 amide bonds. The van der Waals surface area contributed by atoms with Crippen LogP contribution in [0.15, 0.2) is 36.4 Å². The Morgan fingerprint density at radius 1 is 1.03 bits per heavy atom. The lowest BCUT2D eigenvalue weighted by molar-refractivity contribution is -0.830. The summed E-state index contributed by atoms with van der Waals surface area (Å²) in [7, 11) is 0. The van der Waals surface area contributed by atoms with E-state index in [1.165, 1.54) is 35.6 Å². The largest absolute Gasteiger partial charge is 0.384 e. The third-order valence-electron chi connectivity index (χ3n) is 8.47. The first-order valence-corrected chi connectivity index (χ1v) is 13.3. The molecule has 1 aromatic heterocycles. The van der Waals surface area contributed by atoms with E-state index in [9.17, 15) is 23.5 Å². The van der Waals surface area contributed by atoms with Crippen LogP contribution in [0.5, 0.6) is 0 Å². The number of quaternary nitrogens is 1. The average molecular weight is 537 g/mol. The molecule has 0 spiro atoms. The number of fused-ring (bicyclic) bond motifs is 10. The predicted molar refractivity (Wildman–Crippen MR) is 139 cm³/mol. The van der Waals surface area contributed by atoms with Crippen LogP contribution in [0.2, 0.25) is 0 Å². The van der Waals surface area contributed by atoms with Gasteiger partial charge in [-0.2, -0.15) is 0 Å². The highest BCUT2D eigenvalue weighted by molar-refractivity contribution is 7.26. The summed E-state index contributed by atoms with van der Waals surface area (Å²) in [6.07, 6.45) is -2.05. The molecule has 1 saturated heterocycles. The molecule has 6 unspecified atom stereocenters. The number of imide groups is 1. The van der Waals surface area contributed by atoms with E-state index in [4.69, 9.17) is 10.5 Å². The number of aliphatic hydroxyl groups is 1. The summed E-state index contributed by atoms with van der Waals surface area (Å²) in [5, 5.41) is 14.8. The fourth-order valence-electron chi connectivity index (χ4n) is 6.41. The van der Waals surface area contributed by atoms with Gasteiger partial charge >= 0.3 is 0 Å². The van der Waals surface area contributed by atoms with Gasteiger partial charge in [0.25, 0.3) is 11.8 Å². The summed E-state index contributed by atoms with van der Waals surface area (Å²) in [6, 6.07) is 8.65. The average Bonchev–Trinajstić information content (AvgIpc) is 3.51. The van der Waals surface area contributed by atoms with Gasteiger partial charge in [0.1, 0.15) is 23.4 Å². The first kappa shape index (κ1) is 23.8. The zero-order valence-corrected chi connectivity index (χ0v) is 21.3. The van der Waals surface area contributed by atoms with Gasteiger partial charge < -0.3 is 15.6 Å². The van der Waals surface area contributed by atoms with Crippen LogP contribution >= 0.6 is 11.3 Å². The molecule has 3 aliphatic rings. The number of ether oxygens (including phenoxy) is 1. The third-order valence-corrected chi connectivity index (χ3v) is 9.66. The molecule has 3 aromatic carbocycles. The molecular weight excluding hydrogens is 512 g/mol. The smallest absolute Gasteiger partial charge is 0.259 e. The van der Waals surface area contributed by atoms with Crippen molar-refractivity contribution in [3.05, 3.63) is 59.2 Å². The summed E-state index contributed by atoms with van der Waals surface area (Å²) < 4.78 is 36.9. The van der Waals surface area contributed by atoms with Crippen LogP contribution < -0.4 is 16.0 Å². The Kier molecular flexibility index (Phi) is 5.08. The van der Waals surface area contributed by atoms with Crippen LogP contribution in [-0.4, -0.2) is 41.9 Å². The predicted octanol–water partition coefficient (Wildman–Crippen LogP) is 3.36. The molecule has 0 saturated carbocycles.